The zero-order chi connectivity index (χ0) is 27.7. The zero-order valence-electron chi connectivity index (χ0n) is 22.0. The smallest absolute Gasteiger partial charge is 0.304 e. The molecule has 0 unspecified atom stereocenters. The number of carbonyl (C=O) groups is 3. The van der Waals surface area contributed by atoms with Gasteiger partial charge in [-0.25, -0.2) is 4.68 Å². The highest BCUT2D eigenvalue weighted by Gasteiger charge is 2.28. The monoisotopic (exact) mass is 527 g/mol. The van der Waals surface area contributed by atoms with E-state index in [1.54, 1.807) is 48.0 Å². The summed E-state index contributed by atoms with van der Waals surface area (Å²) in [4.78, 5) is 38.3. The molecule has 0 spiro atoms. The van der Waals surface area contributed by atoms with E-state index in [0.717, 1.165) is 27.8 Å². The van der Waals surface area contributed by atoms with Crippen molar-refractivity contribution in [1.29, 1.82) is 0 Å². The van der Waals surface area contributed by atoms with E-state index in [2.05, 4.69) is 15.6 Å². The molecule has 0 radical (unpaired) electrons. The van der Waals surface area contributed by atoms with Crippen LogP contribution in [-0.4, -0.2) is 56.4 Å². The molecular weight excluding hydrogens is 498 g/mol. The molecule has 5 rings (SSSR count). The van der Waals surface area contributed by atoms with Crippen molar-refractivity contribution in [1.82, 2.24) is 19.9 Å². The molecular formula is C29H29N5O5. The van der Waals surface area contributed by atoms with Gasteiger partial charge in [-0.05, 0) is 65.1 Å². The number of ether oxygens (including phenoxy) is 1. The van der Waals surface area contributed by atoms with Crippen molar-refractivity contribution < 1.29 is 24.2 Å². The third-order valence-corrected chi connectivity index (χ3v) is 7.11. The molecule has 0 aliphatic carbocycles. The van der Waals surface area contributed by atoms with Gasteiger partial charge in [0.15, 0.2) is 0 Å². The van der Waals surface area contributed by atoms with E-state index in [4.69, 9.17) is 4.74 Å². The number of benzene rings is 3. The number of nitrogens with zero attached hydrogens (tertiary/aromatic N) is 4. The Morgan fingerprint density at radius 2 is 1.90 bits per heavy atom. The first-order chi connectivity index (χ1) is 18.7. The van der Waals surface area contributed by atoms with Gasteiger partial charge in [0, 0.05) is 44.2 Å². The number of methoxy groups -OCH3 is 1. The Morgan fingerprint density at radius 3 is 2.59 bits per heavy atom. The summed E-state index contributed by atoms with van der Waals surface area (Å²) in [6, 6.07) is 16.4. The highest BCUT2D eigenvalue weighted by molar-refractivity contribution is 5.95. The summed E-state index contributed by atoms with van der Waals surface area (Å²) in [5.74, 6) is -1.03. The van der Waals surface area contributed by atoms with Crippen molar-refractivity contribution >= 4 is 34.5 Å². The highest BCUT2D eigenvalue weighted by atomic mass is 16.5. The van der Waals surface area contributed by atoms with Crippen LogP contribution in [0.1, 0.15) is 51.9 Å². The van der Waals surface area contributed by atoms with Crippen molar-refractivity contribution in [3.8, 4) is 5.75 Å². The number of aryl methyl sites for hydroxylation is 1. The topological polar surface area (TPSA) is 127 Å². The lowest BCUT2D eigenvalue weighted by Gasteiger charge is -2.32. The van der Waals surface area contributed by atoms with E-state index in [1.165, 1.54) is 6.92 Å². The lowest BCUT2D eigenvalue weighted by atomic mass is 9.82. The molecule has 0 saturated carbocycles. The molecule has 1 aliphatic rings. The van der Waals surface area contributed by atoms with Crippen LogP contribution < -0.4 is 10.1 Å². The molecule has 0 fully saturated rings. The minimum absolute atomic E-state index is 0.0969. The van der Waals surface area contributed by atoms with Crippen LogP contribution in [0.2, 0.25) is 0 Å². The van der Waals surface area contributed by atoms with Gasteiger partial charge in [-0.3, -0.25) is 14.4 Å². The summed E-state index contributed by atoms with van der Waals surface area (Å²) in [5.41, 5.74) is 6.31. The molecule has 0 saturated heterocycles. The maximum Gasteiger partial charge on any atom is 0.304 e. The maximum atomic E-state index is 13.3. The Balaban J connectivity index is 1.46. The average molecular weight is 528 g/mol. The van der Waals surface area contributed by atoms with E-state index < -0.39 is 11.9 Å². The maximum absolute atomic E-state index is 13.3. The number of aliphatic carboxylic acids is 1. The molecule has 200 valence electrons. The van der Waals surface area contributed by atoms with Gasteiger partial charge >= 0.3 is 5.97 Å². The number of carboxylic acid groups (broad SMARTS) is 1. The Morgan fingerprint density at radius 1 is 1.13 bits per heavy atom. The molecule has 39 heavy (non-hydrogen) atoms. The van der Waals surface area contributed by atoms with Crippen LogP contribution in [0.5, 0.6) is 5.75 Å². The quantitative estimate of drug-likeness (QED) is 0.375. The van der Waals surface area contributed by atoms with Gasteiger partial charge in [0.2, 0.25) is 5.91 Å². The lowest BCUT2D eigenvalue weighted by Crippen LogP contribution is -2.36. The second-order valence-electron chi connectivity index (χ2n) is 9.67. The van der Waals surface area contributed by atoms with E-state index in [-0.39, 0.29) is 18.2 Å². The fourth-order valence-electron chi connectivity index (χ4n) is 5.33. The minimum Gasteiger partial charge on any atom is -0.494 e. The molecule has 3 aromatic carbocycles. The van der Waals surface area contributed by atoms with E-state index in [0.29, 0.717) is 42.0 Å². The number of nitrogens with one attached hydrogen (secondary N) is 1. The predicted molar refractivity (Wildman–Crippen MR) is 145 cm³/mol. The highest BCUT2D eigenvalue weighted by Crippen LogP contribution is 2.38. The molecule has 1 aromatic heterocycles. The van der Waals surface area contributed by atoms with Crippen LogP contribution in [0.25, 0.3) is 11.0 Å². The van der Waals surface area contributed by atoms with Gasteiger partial charge in [-0.2, -0.15) is 0 Å². The zero-order valence-corrected chi connectivity index (χ0v) is 22.0. The summed E-state index contributed by atoms with van der Waals surface area (Å²) in [5, 5.41) is 20.8. The van der Waals surface area contributed by atoms with E-state index >= 15 is 0 Å². The first-order valence-corrected chi connectivity index (χ1v) is 12.6. The van der Waals surface area contributed by atoms with E-state index in [1.807, 2.05) is 30.3 Å². The molecule has 2 heterocycles. The first kappa shape index (κ1) is 25.9. The minimum atomic E-state index is -0.911. The number of carbonyl (C=O) groups excluding carboxylic acids is 2. The predicted octanol–water partition coefficient (Wildman–Crippen LogP) is 3.74. The first-order valence-electron chi connectivity index (χ1n) is 12.6. The van der Waals surface area contributed by atoms with Crippen molar-refractivity contribution in [3.05, 3.63) is 82.4 Å². The van der Waals surface area contributed by atoms with E-state index in [9.17, 15) is 19.5 Å². The number of amides is 2. The lowest BCUT2D eigenvalue weighted by molar-refractivity contribution is -0.137. The Kier molecular flexibility index (Phi) is 7.02. The molecule has 2 amide bonds. The van der Waals surface area contributed by atoms with Gasteiger partial charge in [-0.1, -0.05) is 23.4 Å². The van der Waals surface area contributed by atoms with Crippen LogP contribution in [-0.2, 0) is 29.6 Å². The van der Waals surface area contributed by atoms with Crippen LogP contribution in [0, 0.1) is 0 Å². The molecule has 1 atom stereocenters. The Hall–Kier alpha value is -4.73. The number of rotatable bonds is 7. The Labute approximate surface area is 225 Å². The average Bonchev–Trinajstić information content (AvgIpc) is 3.30. The number of aromatic nitrogens is 3. The third-order valence-electron chi connectivity index (χ3n) is 7.11. The van der Waals surface area contributed by atoms with Crippen LogP contribution in [0.4, 0.5) is 5.69 Å². The van der Waals surface area contributed by atoms with Crippen molar-refractivity contribution in [3.63, 3.8) is 0 Å². The molecule has 2 N–H and O–H groups in total. The normalized spacial score (nSPS) is 13.6. The number of carboxylic acids is 1. The molecule has 1 aliphatic heterocycles. The third kappa shape index (κ3) is 5.18. The largest absolute Gasteiger partial charge is 0.494 e. The van der Waals surface area contributed by atoms with Crippen LogP contribution >= 0.6 is 0 Å². The Bertz CT molecular complexity index is 1580. The molecule has 4 aromatic rings. The van der Waals surface area contributed by atoms with Gasteiger partial charge in [0.1, 0.15) is 16.8 Å². The summed E-state index contributed by atoms with van der Waals surface area (Å²) in [6.45, 7) is 2.36. The number of hydrogen-bond donors (Lipinski definition) is 2. The molecule has 10 heteroatoms. The summed E-state index contributed by atoms with van der Waals surface area (Å²) in [6.07, 6.45) is 0.497. The van der Waals surface area contributed by atoms with Gasteiger partial charge in [-0.15, -0.1) is 5.10 Å². The number of anilines is 1. The summed E-state index contributed by atoms with van der Waals surface area (Å²) < 4.78 is 7.24. The van der Waals surface area contributed by atoms with Gasteiger partial charge in [0.05, 0.1) is 13.5 Å². The standard InChI is InChI=1S/C29H29N5O5/c1-17(35)30-21-9-7-18(8-10-21)29(38)34-12-11-22-19(16-34)5-4-6-23(22)24(15-27(36)37)20-13-25-28(26(14-20)39-3)33(2)32-31-25/h4-10,13-14,24H,11-12,15-16H2,1-3H3,(H,30,35)(H,36,37)/t24-/m1/s1. The SMILES string of the molecule is COc1cc([C@@H](CC(=O)O)c2cccc3c2CCN(C(=O)c2ccc(NC(C)=O)cc2)C3)cc2nnn(C)c12. The number of hydrogen-bond acceptors (Lipinski definition) is 6. The fourth-order valence-corrected chi connectivity index (χ4v) is 5.33. The second kappa shape index (κ2) is 10.6. The second-order valence-corrected chi connectivity index (χ2v) is 9.67. The van der Waals surface area contributed by atoms with Gasteiger partial charge < -0.3 is 20.1 Å². The summed E-state index contributed by atoms with van der Waals surface area (Å²) >= 11 is 0. The molecule has 0 bridgehead atoms. The van der Waals surface area contributed by atoms with Crippen molar-refractivity contribution in [2.75, 3.05) is 19.0 Å². The number of fused-ring (bicyclic) bond motifs is 2. The van der Waals surface area contributed by atoms with Crippen LogP contribution in [0.3, 0.4) is 0 Å². The summed E-state index contributed by atoms with van der Waals surface area (Å²) in [7, 11) is 3.35. The van der Waals surface area contributed by atoms with Gasteiger partial charge in [0.25, 0.3) is 5.91 Å². The van der Waals surface area contributed by atoms with Crippen LogP contribution in [0.15, 0.2) is 54.6 Å². The van der Waals surface area contributed by atoms with Crippen molar-refractivity contribution in [2.24, 2.45) is 7.05 Å². The fraction of sp³-hybridized carbons (Fsp3) is 0.276. The van der Waals surface area contributed by atoms with Crippen molar-refractivity contribution in [2.45, 2.75) is 32.2 Å². The molecule has 10 nitrogen and oxygen atoms in total.